The molecule has 182 valence electrons. The van der Waals surface area contributed by atoms with Crippen LogP contribution in [-0.4, -0.2) is 51.2 Å². The van der Waals surface area contributed by atoms with Crippen molar-refractivity contribution in [3.05, 3.63) is 88.2 Å². The molecule has 0 radical (unpaired) electrons. The Hall–Kier alpha value is -3.09. The number of benzene rings is 3. The van der Waals surface area contributed by atoms with Gasteiger partial charge in [0, 0.05) is 43.0 Å². The molecule has 0 aromatic heterocycles. The van der Waals surface area contributed by atoms with Crippen molar-refractivity contribution in [3.63, 3.8) is 0 Å². The van der Waals surface area contributed by atoms with Crippen molar-refractivity contribution in [2.24, 2.45) is 0 Å². The highest BCUT2D eigenvalue weighted by molar-refractivity contribution is 6.33. The normalized spacial score (nSPS) is 13.4. The van der Waals surface area contributed by atoms with E-state index in [1.54, 1.807) is 50.3 Å². The number of halogens is 4. The summed E-state index contributed by atoms with van der Waals surface area (Å²) >= 11 is 12.8. The third-order valence-electron chi connectivity index (χ3n) is 6.10. The fraction of sp³-hybridized carbons (Fsp3) is 0.222. The lowest BCUT2D eigenvalue weighted by molar-refractivity contribution is 0.0827. The average molecular weight is 516 g/mol. The van der Waals surface area contributed by atoms with Crippen LogP contribution >= 0.6 is 23.2 Å². The van der Waals surface area contributed by atoms with Crippen LogP contribution in [0.5, 0.6) is 0 Å². The van der Waals surface area contributed by atoms with Crippen LogP contribution in [0.25, 0.3) is 16.8 Å². The monoisotopic (exact) mass is 515 g/mol. The molecular weight excluding hydrogens is 491 g/mol. The van der Waals surface area contributed by atoms with Gasteiger partial charge in [-0.25, -0.2) is 8.78 Å². The topological polar surface area (TPSA) is 26.8 Å². The van der Waals surface area contributed by atoms with E-state index in [0.29, 0.717) is 27.5 Å². The van der Waals surface area contributed by atoms with Gasteiger partial charge in [-0.3, -0.25) is 4.79 Å². The Balaban J connectivity index is 1.78. The van der Waals surface area contributed by atoms with Crippen molar-refractivity contribution >= 4 is 46.2 Å². The van der Waals surface area contributed by atoms with Gasteiger partial charge in [-0.1, -0.05) is 41.9 Å². The van der Waals surface area contributed by atoms with E-state index in [0.717, 1.165) is 11.3 Å². The first-order chi connectivity index (χ1) is 16.6. The van der Waals surface area contributed by atoms with Gasteiger partial charge in [0.05, 0.1) is 35.1 Å². The van der Waals surface area contributed by atoms with Gasteiger partial charge in [-0.2, -0.15) is 0 Å². The van der Waals surface area contributed by atoms with E-state index in [1.165, 1.54) is 17.0 Å². The molecular formula is C27H25Cl2F2N3O. The minimum atomic E-state index is -0.925. The Morgan fingerprint density at radius 2 is 1.74 bits per heavy atom. The number of amides is 1. The molecule has 8 heteroatoms. The van der Waals surface area contributed by atoms with E-state index in [4.69, 9.17) is 23.2 Å². The van der Waals surface area contributed by atoms with Crippen LogP contribution in [0, 0.1) is 5.82 Å². The molecule has 3 aromatic rings. The molecule has 4 nitrogen and oxygen atoms in total. The fourth-order valence-electron chi connectivity index (χ4n) is 4.07. The van der Waals surface area contributed by atoms with Crippen LogP contribution in [0.2, 0.25) is 10.0 Å². The summed E-state index contributed by atoms with van der Waals surface area (Å²) in [6, 6.07) is 15.2. The number of alkyl halides is 1. The SMILES string of the molecule is C=C(c1c(F)cccc1Cl)N(C)c1ccc(-c2cc(C(=O)N(C)C)ccc2Cl)cc1N1CC(F)C1. The van der Waals surface area contributed by atoms with Crippen LogP contribution in [0.3, 0.4) is 0 Å². The van der Waals surface area contributed by atoms with Crippen LogP contribution in [0.4, 0.5) is 20.2 Å². The molecule has 1 saturated heterocycles. The first-order valence-corrected chi connectivity index (χ1v) is 11.8. The van der Waals surface area contributed by atoms with E-state index >= 15 is 0 Å². The van der Waals surface area contributed by atoms with Gasteiger partial charge in [0.2, 0.25) is 0 Å². The number of hydrogen-bond donors (Lipinski definition) is 0. The molecule has 0 atom stereocenters. The summed E-state index contributed by atoms with van der Waals surface area (Å²) in [5, 5.41) is 0.740. The Bertz CT molecular complexity index is 1290. The lowest BCUT2D eigenvalue weighted by Crippen LogP contribution is -2.48. The maximum Gasteiger partial charge on any atom is 0.253 e. The van der Waals surface area contributed by atoms with Crippen molar-refractivity contribution in [2.45, 2.75) is 6.17 Å². The largest absolute Gasteiger partial charge is 0.364 e. The Labute approximate surface area is 214 Å². The standard InChI is InChI=1S/C27H25Cl2F2N3O/c1-16(26-22(29)6-5-7-23(26)31)33(4)24-11-9-17(13-25(24)34-14-19(30)15-34)20-12-18(8-10-21(20)28)27(35)32(2)3/h5-13,19H,1,14-15H2,2-4H3. The molecule has 1 aliphatic rings. The lowest BCUT2D eigenvalue weighted by atomic mass is 9.99. The second kappa shape index (κ2) is 9.88. The molecule has 1 aliphatic heterocycles. The highest BCUT2D eigenvalue weighted by Crippen LogP contribution is 2.41. The van der Waals surface area contributed by atoms with Crippen LogP contribution in [0.1, 0.15) is 15.9 Å². The van der Waals surface area contributed by atoms with Gasteiger partial charge in [-0.15, -0.1) is 0 Å². The summed E-state index contributed by atoms with van der Waals surface area (Å²) in [6.45, 7) is 4.55. The number of nitrogens with zero attached hydrogens (tertiary/aromatic N) is 3. The second-order valence-corrected chi connectivity index (χ2v) is 9.52. The summed E-state index contributed by atoms with van der Waals surface area (Å²) in [4.78, 5) is 17.6. The molecule has 4 rings (SSSR count). The molecule has 3 aromatic carbocycles. The van der Waals surface area contributed by atoms with Crippen molar-refractivity contribution < 1.29 is 13.6 Å². The first kappa shape index (κ1) is 25.0. The third kappa shape index (κ3) is 4.86. The summed E-state index contributed by atoms with van der Waals surface area (Å²) in [7, 11) is 5.14. The Morgan fingerprint density at radius 1 is 1.03 bits per heavy atom. The molecule has 0 saturated carbocycles. The molecule has 1 heterocycles. The zero-order valence-corrected chi connectivity index (χ0v) is 21.2. The predicted octanol–water partition coefficient (Wildman–Crippen LogP) is 6.77. The number of hydrogen-bond acceptors (Lipinski definition) is 3. The first-order valence-electron chi connectivity index (χ1n) is 11.0. The molecule has 1 amide bonds. The van der Waals surface area contributed by atoms with Crippen molar-refractivity contribution in [3.8, 4) is 11.1 Å². The molecule has 1 fully saturated rings. The predicted molar refractivity (Wildman–Crippen MR) is 141 cm³/mol. The maximum atomic E-state index is 14.6. The van der Waals surface area contributed by atoms with Gasteiger partial charge in [0.15, 0.2) is 0 Å². The minimum absolute atomic E-state index is 0.138. The van der Waals surface area contributed by atoms with E-state index in [9.17, 15) is 13.6 Å². The second-order valence-electron chi connectivity index (χ2n) is 8.70. The van der Waals surface area contributed by atoms with Crippen molar-refractivity contribution in [1.29, 1.82) is 0 Å². The highest BCUT2D eigenvalue weighted by Gasteiger charge is 2.30. The van der Waals surface area contributed by atoms with Crippen molar-refractivity contribution in [1.82, 2.24) is 4.90 Å². The van der Waals surface area contributed by atoms with Crippen molar-refractivity contribution in [2.75, 3.05) is 44.0 Å². The summed E-state index contributed by atoms with van der Waals surface area (Å²) in [5.41, 5.74) is 3.99. The summed E-state index contributed by atoms with van der Waals surface area (Å²) < 4.78 is 28.4. The molecule has 0 N–H and O–H groups in total. The van der Waals surface area contributed by atoms with Gasteiger partial charge >= 0.3 is 0 Å². The maximum absolute atomic E-state index is 14.6. The van der Waals surface area contributed by atoms with Gasteiger partial charge in [-0.05, 0) is 48.0 Å². The molecule has 0 bridgehead atoms. The number of carbonyl (C=O) groups excluding carboxylic acids is 1. The lowest BCUT2D eigenvalue weighted by Gasteiger charge is -2.39. The van der Waals surface area contributed by atoms with Crippen LogP contribution in [-0.2, 0) is 0 Å². The van der Waals surface area contributed by atoms with Gasteiger partial charge < -0.3 is 14.7 Å². The van der Waals surface area contributed by atoms with E-state index in [2.05, 4.69) is 6.58 Å². The van der Waals surface area contributed by atoms with Gasteiger partial charge in [0.25, 0.3) is 5.91 Å². The zero-order chi connectivity index (χ0) is 25.4. The number of rotatable bonds is 6. The van der Waals surface area contributed by atoms with Crippen LogP contribution < -0.4 is 9.80 Å². The average Bonchev–Trinajstić information content (AvgIpc) is 2.81. The third-order valence-corrected chi connectivity index (χ3v) is 6.75. The number of carbonyl (C=O) groups is 1. The summed E-state index contributed by atoms with van der Waals surface area (Å²) in [6.07, 6.45) is -0.925. The smallest absolute Gasteiger partial charge is 0.253 e. The minimum Gasteiger partial charge on any atom is -0.364 e. The quantitative estimate of drug-likeness (QED) is 0.362. The van der Waals surface area contributed by atoms with E-state index < -0.39 is 12.0 Å². The Morgan fingerprint density at radius 3 is 2.37 bits per heavy atom. The van der Waals surface area contributed by atoms with Crippen LogP contribution in [0.15, 0.2) is 61.2 Å². The summed E-state index contributed by atoms with van der Waals surface area (Å²) in [5.74, 6) is -0.616. The molecule has 0 unspecified atom stereocenters. The molecule has 35 heavy (non-hydrogen) atoms. The Kier molecular flexibility index (Phi) is 7.06. The van der Waals surface area contributed by atoms with E-state index in [1.807, 2.05) is 23.1 Å². The number of anilines is 2. The molecule has 0 aliphatic carbocycles. The highest BCUT2D eigenvalue weighted by atomic mass is 35.5. The molecule has 0 spiro atoms. The van der Waals surface area contributed by atoms with E-state index in [-0.39, 0.29) is 29.6 Å². The fourth-order valence-corrected chi connectivity index (χ4v) is 4.57. The van der Waals surface area contributed by atoms with Gasteiger partial charge in [0.1, 0.15) is 12.0 Å². The zero-order valence-electron chi connectivity index (χ0n) is 19.7.